The molecular weight excluding hydrogens is 240 g/mol. The van der Waals surface area contributed by atoms with Crippen LogP contribution < -0.4 is 0 Å². The molecule has 2 aliphatic rings. The predicted molar refractivity (Wildman–Crippen MR) is 63.4 cm³/mol. The average Bonchev–Trinajstić information content (AvgIpc) is 3.17. The van der Waals surface area contributed by atoms with Crippen LogP contribution in [0.2, 0.25) is 0 Å². The molecule has 2 rings (SSSR count). The molecule has 106 valence electrons. The van der Waals surface area contributed by atoms with Crippen LogP contribution in [0, 0.1) is 0 Å². The third kappa shape index (κ3) is 10.5. The van der Waals surface area contributed by atoms with Gasteiger partial charge in [-0.05, 0) is 6.92 Å². The Morgan fingerprint density at radius 3 is 1.78 bits per heavy atom. The van der Waals surface area contributed by atoms with Crippen molar-refractivity contribution in [1.82, 2.24) is 0 Å². The van der Waals surface area contributed by atoms with Crippen molar-refractivity contribution in [3.8, 4) is 0 Å². The number of esters is 1. The monoisotopic (exact) mass is 262 g/mol. The molecule has 2 atom stereocenters. The van der Waals surface area contributed by atoms with Gasteiger partial charge in [0.1, 0.15) is 12.2 Å². The summed E-state index contributed by atoms with van der Waals surface area (Å²) in [5, 5.41) is 0. The second-order valence-electron chi connectivity index (χ2n) is 3.99. The molecule has 2 aliphatic heterocycles. The first-order chi connectivity index (χ1) is 8.72. The zero-order valence-corrected chi connectivity index (χ0v) is 11.1. The lowest BCUT2D eigenvalue weighted by Crippen LogP contribution is -2.10. The Labute approximate surface area is 107 Å². The van der Waals surface area contributed by atoms with E-state index in [0.29, 0.717) is 45.2 Å². The van der Waals surface area contributed by atoms with Crippen molar-refractivity contribution in [2.24, 2.45) is 0 Å². The van der Waals surface area contributed by atoms with Crippen molar-refractivity contribution in [1.29, 1.82) is 0 Å². The van der Waals surface area contributed by atoms with E-state index in [2.05, 4.69) is 4.74 Å². The molecule has 2 heterocycles. The van der Waals surface area contributed by atoms with E-state index >= 15 is 0 Å². The molecule has 0 spiro atoms. The quantitative estimate of drug-likeness (QED) is 0.358. The smallest absolute Gasteiger partial charge is 0.302 e. The zero-order valence-electron chi connectivity index (χ0n) is 11.1. The second-order valence-corrected chi connectivity index (χ2v) is 3.99. The summed E-state index contributed by atoms with van der Waals surface area (Å²) in [5.41, 5.74) is 0. The molecule has 0 saturated carbocycles. The Balaban J connectivity index is 0.000000232. The highest BCUT2D eigenvalue weighted by Gasteiger charge is 2.23. The van der Waals surface area contributed by atoms with Gasteiger partial charge in [0.15, 0.2) is 0 Å². The minimum absolute atomic E-state index is 0.211. The van der Waals surface area contributed by atoms with Gasteiger partial charge in [0.05, 0.1) is 46.2 Å². The fraction of sp³-hybridized carbons (Fsp3) is 0.917. The van der Waals surface area contributed by atoms with Gasteiger partial charge in [-0.3, -0.25) is 4.79 Å². The zero-order chi connectivity index (χ0) is 13.2. The summed E-state index contributed by atoms with van der Waals surface area (Å²) < 4.78 is 24.9. The highest BCUT2D eigenvalue weighted by Crippen LogP contribution is 2.09. The van der Waals surface area contributed by atoms with Crippen LogP contribution in [0.1, 0.15) is 13.8 Å². The highest BCUT2D eigenvalue weighted by atomic mass is 16.6. The number of carbonyl (C=O) groups is 1. The molecule has 0 radical (unpaired) electrons. The first-order valence-electron chi connectivity index (χ1n) is 6.24. The maximum Gasteiger partial charge on any atom is 0.302 e. The van der Waals surface area contributed by atoms with E-state index in [0.717, 1.165) is 13.2 Å². The summed E-state index contributed by atoms with van der Waals surface area (Å²) in [6, 6.07) is 0. The molecule has 0 N–H and O–H groups in total. The van der Waals surface area contributed by atoms with Gasteiger partial charge < -0.3 is 23.7 Å². The minimum Gasteiger partial charge on any atom is -0.466 e. The van der Waals surface area contributed by atoms with Crippen molar-refractivity contribution in [2.45, 2.75) is 26.1 Å². The molecule has 6 nitrogen and oxygen atoms in total. The van der Waals surface area contributed by atoms with Crippen molar-refractivity contribution >= 4 is 5.97 Å². The van der Waals surface area contributed by atoms with Crippen molar-refractivity contribution in [3.63, 3.8) is 0 Å². The molecule has 2 unspecified atom stereocenters. The Kier molecular flexibility index (Phi) is 7.91. The summed E-state index contributed by atoms with van der Waals surface area (Å²) in [5.74, 6) is -0.211. The maximum absolute atomic E-state index is 9.82. The molecule has 2 saturated heterocycles. The van der Waals surface area contributed by atoms with E-state index in [1.807, 2.05) is 0 Å². The number of epoxide rings is 2. The van der Waals surface area contributed by atoms with Crippen LogP contribution in [0.25, 0.3) is 0 Å². The van der Waals surface area contributed by atoms with Crippen molar-refractivity contribution in [2.75, 3.05) is 46.2 Å². The number of carbonyl (C=O) groups excluding carboxylic acids is 1. The van der Waals surface area contributed by atoms with E-state index in [1.165, 1.54) is 6.92 Å². The topological polar surface area (TPSA) is 69.8 Å². The average molecular weight is 262 g/mol. The summed E-state index contributed by atoms with van der Waals surface area (Å²) in [7, 11) is 0. The number of ether oxygens (including phenoxy) is 5. The fourth-order valence-electron chi connectivity index (χ4n) is 1.08. The van der Waals surface area contributed by atoms with Gasteiger partial charge in [0.25, 0.3) is 0 Å². The highest BCUT2D eigenvalue weighted by molar-refractivity contribution is 5.65. The first-order valence-corrected chi connectivity index (χ1v) is 6.24. The summed E-state index contributed by atoms with van der Waals surface area (Å²) in [6.45, 7) is 8.11. The standard InChI is InChI=1S/C8H14O4.C4H8O2/c1(9-3-7-5-11-7)2-10-4-8-6-12-8;1-3-6-4(2)5/h7-8H,1-6H2;3H2,1-2H3. The van der Waals surface area contributed by atoms with E-state index < -0.39 is 0 Å². The SMILES string of the molecule is C(COCC1CO1)OCC1CO1.CCOC(C)=O. The molecule has 0 aromatic carbocycles. The second kappa shape index (κ2) is 9.27. The molecule has 0 bridgehead atoms. The molecule has 6 heteroatoms. The van der Waals surface area contributed by atoms with Crippen molar-refractivity contribution in [3.05, 3.63) is 0 Å². The van der Waals surface area contributed by atoms with E-state index in [9.17, 15) is 4.79 Å². The first kappa shape index (κ1) is 15.4. The van der Waals surface area contributed by atoms with E-state index in [1.54, 1.807) is 6.92 Å². The van der Waals surface area contributed by atoms with Crippen LogP contribution in [0.4, 0.5) is 0 Å². The van der Waals surface area contributed by atoms with Crippen LogP contribution in [0.3, 0.4) is 0 Å². The Morgan fingerprint density at radius 1 is 1.11 bits per heavy atom. The van der Waals surface area contributed by atoms with Gasteiger partial charge in [0, 0.05) is 6.92 Å². The van der Waals surface area contributed by atoms with Crippen molar-refractivity contribution < 1.29 is 28.5 Å². The molecule has 0 aromatic heterocycles. The molecule has 2 fully saturated rings. The van der Waals surface area contributed by atoms with Crippen LogP contribution >= 0.6 is 0 Å². The lowest BCUT2D eigenvalue weighted by atomic mass is 10.5. The Morgan fingerprint density at radius 2 is 1.56 bits per heavy atom. The maximum atomic E-state index is 9.82. The normalized spacial score (nSPS) is 23.9. The van der Waals surface area contributed by atoms with Crippen LogP contribution in [-0.2, 0) is 28.5 Å². The summed E-state index contributed by atoms with van der Waals surface area (Å²) in [6.07, 6.45) is 0.716. The number of hydrogen-bond donors (Lipinski definition) is 0. The minimum atomic E-state index is -0.211. The third-order valence-corrected chi connectivity index (χ3v) is 2.13. The van der Waals surface area contributed by atoms with Gasteiger partial charge >= 0.3 is 5.97 Å². The molecule has 0 aliphatic carbocycles. The van der Waals surface area contributed by atoms with Crippen LogP contribution in [-0.4, -0.2) is 64.4 Å². The van der Waals surface area contributed by atoms with Gasteiger partial charge in [-0.25, -0.2) is 0 Å². The number of hydrogen-bond acceptors (Lipinski definition) is 6. The van der Waals surface area contributed by atoms with Crippen LogP contribution in [0.15, 0.2) is 0 Å². The van der Waals surface area contributed by atoms with E-state index in [-0.39, 0.29) is 5.97 Å². The third-order valence-electron chi connectivity index (χ3n) is 2.13. The fourth-order valence-corrected chi connectivity index (χ4v) is 1.08. The molecular formula is C12H22O6. The number of rotatable bonds is 8. The van der Waals surface area contributed by atoms with E-state index in [4.69, 9.17) is 18.9 Å². The van der Waals surface area contributed by atoms with Crippen LogP contribution in [0.5, 0.6) is 0 Å². The summed E-state index contributed by atoms with van der Waals surface area (Å²) >= 11 is 0. The van der Waals surface area contributed by atoms with Gasteiger partial charge in [0.2, 0.25) is 0 Å². The predicted octanol–water partition coefficient (Wildman–Crippen LogP) is 0.387. The molecule has 0 aromatic rings. The van der Waals surface area contributed by atoms with Gasteiger partial charge in [-0.1, -0.05) is 0 Å². The molecule has 18 heavy (non-hydrogen) atoms. The summed E-state index contributed by atoms with van der Waals surface area (Å²) in [4.78, 5) is 9.82. The Hall–Kier alpha value is -0.690. The van der Waals surface area contributed by atoms with Gasteiger partial charge in [-0.15, -0.1) is 0 Å². The molecule has 0 amide bonds. The lowest BCUT2D eigenvalue weighted by Gasteiger charge is -2.02. The van der Waals surface area contributed by atoms with Gasteiger partial charge in [-0.2, -0.15) is 0 Å². The largest absolute Gasteiger partial charge is 0.466 e. The lowest BCUT2D eigenvalue weighted by molar-refractivity contribution is -0.140. The Bertz CT molecular complexity index is 209.